The van der Waals surface area contributed by atoms with Crippen molar-refractivity contribution in [3.8, 4) is 0 Å². The molecule has 0 bridgehead atoms. The van der Waals surface area contributed by atoms with E-state index in [2.05, 4.69) is 5.32 Å². The molecule has 16 heavy (non-hydrogen) atoms. The molecule has 1 amide bonds. The fourth-order valence-electron chi connectivity index (χ4n) is 2.04. The lowest BCUT2D eigenvalue weighted by Gasteiger charge is -2.19. The molecule has 80 valence electrons. The van der Waals surface area contributed by atoms with Gasteiger partial charge in [0.1, 0.15) is 11.8 Å². The van der Waals surface area contributed by atoms with Crippen LogP contribution in [0.25, 0.3) is 0 Å². The van der Waals surface area contributed by atoms with Crippen LogP contribution in [-0.4, -0.2) is 17.9 Å². The number of ketones is 1. The lowest BCUT2D eigenvalue weighted by Crippen LogP contribution is -2.26. The van der Waals surface area contributed by atoms with E-state index in [0.717, 1.165) is 11.1 Å². The first-order chi connectivity index (χ1) is 7.65. The van der Waals surface area contributed by atoms with Gasteiger partial charge in [-0.3, -0.25) is 4.79 Å². The summed E-state index contributed by atoms with van der Waals surface area (Å²) in [7, 11) is 0. The maximum atomic E-state index is 11.7. The summed E-state index contributed by atoms with van der Waals surface area (Å²) in [6.07, 6.45) is 6.35. The van der Waals surface area contributed by atoms with Gasteiger partial charge >= 0.3 is 6.09 Å². The van der Waals surface area contributed by atoms with Crippen LogP contribution in [0.4, 0.5) is 4.79 Å². The first-order valence-corrected chi connectivity index (χ1v) is 5.00. The largest absolute Gasteiger partial charge is 0.413 e. The van der Waals surface area contributed by atoms with Crippen LogP contribution in [0.2, 0.25) is 0 Å². The zero-order valence-electron chi connectivity index (χ0n) is 8.61. The van der Waals surface area contributed by atoms with Gasteiger partial charge in [-0.05, 0) is 36.3 Å². The summed E-state index contributed by atoms with van der Waals surface area (Å²) >= 11 is 0. The van der Waals surface area contributed by atoms with Crippen LogP contribution in [0.15, 0.2) is 46.8 Å². The zero-order chi connectivity index (χ0) is 11.3. The highest BCUT2D eigenvalue weighted by atomic mass is 16.6. The third kappa shape index (κ3) is 1.16. The number of rotatable bonds is 0. The number of fused-ring (bicyclic) bond motifs is 2. The van der Waals surface area contributed by atoms with Gasteiger partial charge in [0.05, 0.1) is 0 Å². The first kappa shape index (κ1) is 9.15. The molecule has 0 aromatic heterocycles. The van der Waals surface area contributed by atoms with Crippen LogP contribution in [0.3, 0.4) is 0 Å². The quantitative estimate of drug-likeness (QED) is 0.664. The van der Waals surface area contributed by atoms with Crippen molar-refractivity contribution in [1.29, 1.82) is 0 Å². The van der Waals surface area contributed by atoms with Gasteiger partial charge in [-0.1, -0.05) is 6.08 Å². The monoisotopic (exact) mass is 215 g/mol. The van der Waals surface area contributed by atoms with E-state index in [9.17, 15) is 9.59 Å². The number of hydrogen-bond acceptors (Lipinski definition) is 3. The lowest BCUT2D eigenvalue weighted by molar-refractivity contribution is -0.111. The van der Waals surface area contributed by atoms with Gasteiger partial charge in [-0.15, -0.1) is 0 Å². The van der Waals surface area contributed by atoms with Crippen molar-refractivity contribution in [2.45, 2.75) is 13.0 Å². The molecule has 2 aliphatic carbocycles. The smallest absolute Gasteiger partial charge is 0.412 e. The predicted molar refractivity (Wildman–Crippen MR) is 56.4 cm³/mol. The van der Waals surface area contributed by atoms with Crippen molar-refractivity contribution >= 4 is 11.9 Å². The van der Waals surface area contributed by atoms with Crippen molar-refractivity contribution < 1.29 is 14.3 Å². The minimum absolute atomic E-state index is 0.0305. The number of amides is 1. The number of allylic oxidation sites excluding steroid dienone is 6. The maximum Gasteiger partial charge on any atom is 0.413 e. The topological polar surface area (TPSA) is 55.4 Å². The lowest BCUT2D eigenvalue weighted by atomic mass is 9.86. The van der Waals surface area contributed by atoms with Crippen molar-refractivity contribution in [2.75, 3.05) is 0 Å². The summed E-state index contributed by atoms with van der Waals surface area (Å²) < 4.78 is 4.99. The molecule has 1 N–H and O–H groups in total. The van der Waals surface area contributed by atoms with Crippen LogP contribution < -0.4 is 5.32 Å². The molecule has 0 spiro atoms. The summed E-state index contributed by atoms with van der Waals surface area (Å²) in [6, 6.07) is -0.297. The number of nitrogens with one attached hydrogen (secondary N) is 1. The molecule has 4 heteroatoms. The highest BCUT2D eigenvalue weighted by Crippen LogP contribution is 2.32. The molecule has 4 nitrogen and oxygen atoms in total. The number of ether oxygens (including phenoxy) is 1. The molecule has 1 unspecified atom stereocenters. The molecule has 0 radical (unpaired) electrons. The molecule has 0 aromatic rings. The van der Waals surface area contributed by atoms with E-state index in [1.807, 2.05) is 6.92 Å². The van der Waals surface area contributed by atoms with Crippen molar-refractivity contribution in [3.63, 3.8) is 0 Å². The van der Waals surface area contributed by atoms with E-state index in [-0.39, 0.29) is 11.8 Å². The second kappa shape index (κ2) is 2.95. The molecule has 0 aromatic carbocycles. The second-order valence-electron chi connectivity index (χ2n) is 3.93. The van der Waals surface area contributed by atoms with Gasteiger partial charge in [0.25, 0.3) is 0 Å². The minimum atomic E-state index is -0.467. The summed E-state index contributed by atoms with van der Waals surface area (Å²) in [4.78, 5) is 22.7. The Morgan fingerprint density at radius 1 is 1.31 bits per heavy atom. The van der Waals surface area contributed by atoms with E-state index < -0.39 is 6.09 Å². The van der Waals surface area contributed by atoms with Crippen LogP contribution in [0.1, 0.15) is 6.92 Å². The van der Waals surface area contributed by atoms with Crippen LogP contribution >= 0.6 is 0 Å². The Hall–Kier alpha value is -2.10. The Balaban J connectivity index is 2.14. The van der Waals surface area contributed by atoms with Gasteiger partial charge in [-0.2, -0.15) is 0 Å². The number of carbonyl (C=O) groups excluding carboxylic acids is 2. The van der Waals surface area contributed by atoms with Crippen molar-refractivity contribution in [1.82, 2.24) is 5.32 Å². The molecule has 1 heterocycles. The van der Waals surface area contributed by atoms with Crippen molar-refractivity contribution in [3.05, 3.63) is 46.8 Å². The second-order valence-corrected chi connectivity index (χ2v) is 3.93. The molecule has 3 rings (SSSR count). The van der Waals surface area contributed by atoms with Gasteiger partial charge in [0.15, 0.2) is 5.78 Å². The minimum Gasteiger partial charge on any atom is -0.412 e. The number of hydrogen-bond donors (Lipinski definition) is 1. The first-order valence-electron chi connectivity index (χ1n) is 5.00. The van der Waals surface area contributed by atoms with Crippen molar-refractivity contribution in [2.24, 2.45) is 0 Å². The molecule has 1 atom stereocenters. The Morgan fingerprint density at radius 3 is 2.94 bits per heavy atom. The molecule has 3 aliphatic rings. The van der Waals surface area contributed by atoms with Crippen LogP contribution in [0, 0.1) is 0 Å². The average molecular weight is 215 g/mol. The zero-order valence-corrected chi connectivity index (χ0v) is 8.61. The Kier molecular flexibility index (Phi) is 1.68. The summed E-state index contributed by atoms with van der Waals surface area (Å²) in [5.74, 6) is 0.531. The average Bonchev–Trinajstić information content (AvgIpc) is 2.61. The maximum absolute atomic E-state index is 11.7. The van der Waals surface area contributed by atoms with E-state index in [1.165, 1.54) is 0 Å². The highest BCUT2D eigenvalue weighted by molar-refractivity contribution is 6.10. The Bertz CT molecular complexity index is 534. The van der Waals surface area contributed by atoms with E-state index in [4.69, 9.17) is 4.74 Å². The molecular formula is C12H9NO3. The summed E-state index contributed by atoms with van der Waals surface area (Å²) in [5.41, 5.74) is 2.48. The fraction of sp³-hybridized carbons (Fsp3) is 0.167. The molecule has 1 saturated heterocycles. The normalized spacial score (nSPS) is 26.7. The van der Waals surface area contributed by atoms with Gasteiger partial charge in [-0.25, -0.2) is 4.79 Å². The highest BCUT2D eigenvalue weighted by Gasteiger charge is 2.33. The Labute approximate surface area is 92.0 Å². The Morgan fingerprint density at radius 2 is 2.12 bits per heavy atom. The van der Waals surface area contributed by atoms with Crippen LogP contribution in [0.5, 0.6) is 0 Å². The molecule has 1 fully saturated rings. The summed E-state index contributed by atoms with van der Waals surface area (Å²) in [5, 5.41) is 2.62. The SMILES string of the molecule is CC1=C2C=C3OC(=O)NC3C=C2C(=O)C=C1. The van der Waals surface area contributed by atoms with E-state index >= 15 is 0 Å². The van der Waals surface area contributed by atoms with Gasteiger partial charge < -0.3 is 10.1 Å². The molecule has 0 saturated carbocycles. The van der Waals surface area contributed by atoms with Gasteiger partial charge in [0, 0.05) is 5.57 Å². The van der Waals surface area contributed by atoms with Gasteiger partial charge in [0.2, 0.25) is 0 Å². The predicted octanol–water partition coefficient (Wildman–Crippen LogP) is 1.37. The fourth-order valence-corrected chi connectivity index (χ4v) is 2.04. The summed E-state index contributed by atoms with van der Waals surface area (Å²) in [6.45, 7) is 1.92. The third-order valence-electron chi connectivity index (χ3n) is 2.88. The molecule has 1 aliphatic heterocycles. The van der Waals surface area contributed by atoms with Crippen LogP contribution in [-0.2, 0) is 9.53 Å². The van der Waals surface area contributed by atoms with E-state index in [0.29, 0.717) is 11.3 Å². The number of alkyl carbamates (subject to hydrolysis) is 1. The van der Waals surface area contributed by atoms with E-state index in [1.54, 1.807) is 24.3 Å². The third-order valence-corrected chi connectivity index (χ3v) is 2.88. The number of carbonyl (C=O) groups is 2. The molecular weight excluding hydrogens is 206 g/mol. The standard InChI is InChI=1S/C12H9NO3/c1-6-2-3-10(14)8-4-9-11(5-7(6)8)16-12(15)13-9/h2-5,9H,1H3,(H,13,15).